The number of amides is 1. The summed E-state index contributed by atoms with van der Waals surface area (Å²) in [4.78, 5) is 29.0. The van der Waals surface area contributed by atoms with E-state index < -0.39 is 6.61 Å². The summed E-state index contributed by atoms with van der Waals surface area (Å²) >= 11 is 1.29. The Labute approximate surface area is 157 Å². The van der Waals surface area contributed by atoms with Gasteiger partial charge in [-0.25, -0.2) is 4.98 Å². The van der Waals surface area contributed by atoms with Crippen LogP contribution in [-0.4, -0.2) is 22.1 Å². The van der Waals surface area contributed by atoms with E-state index in [2.05, 4.69) is 15.0 Å². The molecule has 2 aromatic heterocycles. The molecule has 27 heavy (non-hydrogen) atoms. The molecular weight excluding hydrogens is 376 g/mol. The van der Waals surface area contributed by atoms with E-state index in [1.54, 1.807) is 24.3 Å². The lowest BCUT2D eigenvalue weighted by atomic mass is 10.1. The maximum Gasteiger partial charge on any atom is 0.387 e. The van der Waals surface area contributed by atoms with Gasteiger partial charge in [0.05, 0.1) is 5.69 Å². The van der Waals surface area contributed by atoms with Crippen molar-refractivity contribution in [3.8, 4) is 17.0 Å². The van der Waals surface area contributed by atoms with E-state index in [1.807, 2.05) is 6.92 Å². The number of aryl methyl sites for hydroxylation is 1. The summed E-state index contributed by atoms with van der Waals surface area (Å²) in [5, 5.41) is 3.06. The molecule has 0 spiro atoms. The maximum atomic E-state index is 12.2. The first kappa shape index (κ1) is 18.7. The molecule has 9 heteroatoms. The molecule has 0 aliphatic heterocycles. The van der Waals surface area contributed by atoms with E-state index in [-0.39, 0.29) is 23.8 Å². The first-order chi connectivity index (χ1) is 12.9. The molecule has 0 saturated carbocycles. The van der Waals surface area contributed by atoms with Gasteiger partial charge >= 0.3 is 6.61 Å². The molecule has 0 atom stereocenters. The van der Waals surface area contributed by atoms with Gasteiger partial charge in [0.25, 0.3) is 5.56 Å². The van der Waals surface area contributed by atoms with Crippen molar-refractivity contribution in [3.63, 3.8) is 0 Å². The summed E-state index contributed by atoms with van der Waals surface area (Å²) in [5.41, 5.74) is 1.08. The summed E-state index contributed by atoms with van der Waals surface area (Å²) in [6.07, 6.45) is 1.53. The molecular formula is C18H15F2N3O3S. The zero-order chi connectivity index (χ0) is 19.4. The van der Waals surface area contributed by atoms with Crippen LogP contribution in [0.4, 0.5) is 13.9 Å². The quantitative estimate of drug-likeness (QED) is 0.698. The Morgan fingerprint density at radius 3 is 2.67 bits per heavy atom. The molecule has 0 bridgehead atoms. The molecule has 1 amide bonds. The maximum absolute atomic E-state index is 12.2. The topological polar surface area (TPSA) is 73.2 Å². The minimum absolute atomic E-state index is 0.0588. The summed E-state index contributed by atoms with van der Waals surface area (Å²) in [6.45, 7) is -1.16. The van der Waals surface area contributed by atoms with Crippen LogP contribution in [-0.2, 0) is 11.3 Å². The molecule has 0 unspecified atom stereocenters. The molecule has 3 rings (SSSR count). The van der Waals surface area contributed by atoms with Crippen molar-refractivity contribution in [3.05, 3.63) is 63.9 Å². The first-order valence-electron chi connectivity index (χ1n) is 7.90. The minimum atomic E-state index is -2.88. The number of alkyl halides is 2. The van der Waals surface area contributed by atoms with E-state index in [1.165, 1.54) is 40.3 Å². The van der Waals surface area contributed by atoms with Gasteiger partial charge in [-0.05, 0) is 37.3 Å². The second kappa shape index (κ2) is 8.09. The van der Waals surface area contributed by atoms with E-state index in [9.17, 15) is 18.4 Å². The number of ether oxygens (including phenoxy) is 1. The third kappa shape index (κ3) is 4.76. The number of rotatable bonds is 6. The van der Waals surface area contributed by atoms with Gasteiger partial charge in [0.2, 0.25) is 5.91 Å². The predicted molar refractivity (Wildman–Crippen MR) is 98.3 cm³/mol. The standard InChI is InChI=1S/C18H15F2N3O3S/c1-11-16(12-5-7-13(8-6-12)26-17(19)20)22-18(27-11)21-14(24)10-23-9-3-2-4-15(23)25/h2-9,17H,10H2,1H3,(H,21,22,24). The molecule has 2 heterocycles. The normalized spacial score (nSPS) is 10.8. The van der Waals surface area contributed by atoms with Gasteiger partial charge in [-0.15, -0.1) is 11.3 Å². The second-order valence-corrected chi connectivity index (χ2v) is 6.74. The fraction of sp³-hybridized carbons (Fsp3) is 0.167. The lowest BCUT2D eigenvalue weighted by Gasteiger charge is -2.05. The van der Waals surface area contributed by atoms with Gasteiger partial charge in [-0.2, -0.15) is 8.78 Å². The predicted octanol–water partition coefficient (Wildman–Crippen LogP) is 3.52. The number of carbonyl (C=O) groups is 1. The van der Waals surface area contributed by atoms with E-state index in [4.69, 9.17) is 0 Å². The van der Waals surface area contributed by atoms with Crippen LogP contribution in [0.15, 0.2) is 53.5 Å². The van der Waals surface area contributed by atoms with Gasteiger partial charge in [0.1, 0.15) is 12.3 Å². The number of benzene rings is 1. The van der Waals surface area contributed by atoms with Crippen molar-refractivity contribution in [2.45, 2.75) is 20.1 Å². The van der Waals surface area contributed by atoms with Crippen LogP contribution in [0, 0.1) is 6.92 Å². The van der Waals surface area contributed by atoms with Crippen LogP contribution in [0.25, 0.3) is 11.3 Å². The number of nitrogens with zero attached hydrogens (tertiary/aromatic N) is 2. The van der Waals surface area contributed by atoms with Gasteiger partial charge in [-0.3, -0.25) is 9.59 Å². The van der Waals surface area contributed by atoms with Gasteiger partial charge in [0, 0.05) is 22.7 Å². The van der Waals surface area contributed by atoms with Gasteiger partial charge in [0.15, 0.2) is 5.13 Å². The molecule has 0 aliphatic carbocycles. The number of aromatic nitrogens is 2. The largest absolute Gasteiger partial charge is 0.435 e. The monoisotopic (exact) mass is 391 g/mol. The average Bonchev–Trinajstić information content (AvgIpc) is 2.97. The van der Waals surface area contributed by atoms with Crippen molar-refractivity contribution in [2.75, 3.05) is 5.32 Å². The lowest BCUT2D eigenvalue weighted by Crippen LogP contribution is -2.26. The van der Waals surface area contributed by atoms with Gasteiger partial charge < -0.3 is 14.6 Å². The van der Waals surface area contributed by atoms with E-state index >= 15 is 0 Å². The van der Waals surface area contributed by atoms with E-state index in [0.717, 1.165) is 4.88 Å². The zero-order valence-electron chi connectivity index (χ0n) is 14.2. The molecule has 3 aromatic rings. The highest BCUT2D eigenvalue weighted by Crippen LogP contribution is 2.31. The fourth-order valence-corrected chi connectivity index (χ4v) is 3.27. The SMILES string of the molecule is Cc1sc(NC(=O)Cn2ccccc2=O)nc1-c1ccc(OC(F)F)cc1. The summed E-state index contributed by atoms with van der Waals surface area (Å²) in [6, 6.07) is 10.7. The molecule has 1 aromatic carbocycles. The smallest absolute Gasteiger partial charge is 0.387 e. The Morgan fingerprint density at radius 2 is 2.00 bits per heavy atom. The zero-order valence-corrected chi connectivity index (χ0v) is 15.0. The Kier molecular flexibility index (Phi) is 5.60. The third-order valence-electron chi connectivity index (χ3n) is 3.61. The Bertz CT molecular complexity index is 1000. The van der Waals surface area contributed by atoms with Crippen LogP contribution in [0.5, 0.6) is 5.75 Å². The van der Waals surface area contributed by atoms with Crippen molar-refractivity contribution in [1.29, 1.82) is 0 Å². The number of thiazole rings is 1. The molecule has 6 nitrogen and oxygen atoms in total. The molecule has 0 radical (unpaired) electrons. The first-order valence-corrected chi connectivity index (χ1v) is 8.72. The van der Waals surface area contributed by atoms with Crippen molar-refractivity contribution in [2.24, 2.45) is 0 Å². The fourth-order valence-electron chi connectivity index (χ4n) is 2.42. The minimum Gasteiger partial charge on any atom is -0.435 e. The number of hydrogen-bond donors (Lipinski definition) is 1. The summed E-state index contributed by atoms with van der Waals surface area (Å²) in [5.74, 6) is -0.312. The van der Waals surface area contributed by atoms with Gasteiger partial charge in [-0.1, -0.05) is 6.07 Å². The van der Waals surface area contributed by atoms with E-state index in [0.29, 0.717) is 16.4 Å². The average molecular weight is 391 g/mol. The van der Waals surface area contributed by atoms with Crippen LogP contribution < -0.4 is 15.6 Å². The highest BCUT2D eigenvalue weighted by Gasteiger charge is 2.13. The Balaban J connectivity index is 1.71. The van der Waals surface area contributed by atoms with Crippen LogP contribution in [0.3, 0.4) is 0 Å². The number of pyridine rings is 1. The molecule has 1 N–H and O–H groups in total. The number of carbonyl (C=O) groups excluding carboxylic acids is 1. The lowest BCUT2D eigenvalue weighted by molar-refractivity contribution is -0.116. The van der Waals surface area contributed by atoms with Crippen molar-refractivity contribution >= 4 is 22.4 Å². The summed E-state index contributed by atoms with van der Waals surface area (Å²) in [7, 11) is 0. The number of hydrogen-bond acceptors (Lipinski definition) is 5. The third-order valence-corrected chi connectivity index (χ3v) is 4.50. The van der Waals surface area contributed by atoms with Crippen LogP contribution in [0.1, 0.15) is 4.88 Å². The second-order valence-electron chi connectivity index (χ2n) is 5.54. The van der Waals surface area contributed by atoms with Crippen molar-refractivity contribution < 1.29 is 18.3 Å². The Morgan fingerprint density at radius 1 is 1.26 bits per heavy atom. The van der Waals surface area contributed by atoms with Crippen molar-refractivity contribution in [1.82, 2.24) is 9.55 Å². The Hall–Kier alpha value is -3.07. The molecule has 140 valence electrons. The summed E-state index contributed by atoms with van der Waals surface area (Å²) < 4.78 is 30.1. The highest BCUT2D eigenvalue weighted by molar-refractivity contribution is 7.16. The highest BCUT2D eigenvalue weighted by atomic mass is 32.1. The number of halogens is 2. The number of anilines is 1. The van der Waals surface area contributed by atoms with Crippen LogP contribution >= 0.6 is 11.3 Å². The number of nitrogens with one attached hydrogen (secondary N) is 1. The molecule has 0 aliphatic rings. The molecule has 0 saturated heterocycles. The molecule has 0 fully saturated rings. The van der Waals surface area contributed by atoms with Crippen LogP contribution in [0.2, 0.25) is 0 Å².